The summed E-state index contributed by atoms with van der Waals surface area (Å²) in [5.74, 6) is 0. The van der Waals surface area contributed by atoms with E-state index in [1.807, 2.05) is 12.1 Å². The quantitative estimate of drug-likeness (QED) is 0.713. The Hall–Kier alpha value is -1.10. The third-order valence-electron chi connectivity index (χ3n) is 3.21. The van der Waals surface area contributed by atoms with Crippen molar-refractivity contribution in [1.82, 2.24) is 5.32 Å². The smallest absolute Gasteiger partial charge is 0.0912 e. The Morgan fingerprint density at radius 1 is 1.24 bits per heavy atom. The maximum Gasteiger partial charge on any atom is 0.0912 e. The fraction of sp³-hybridized carbons (Fsp3) is 0.538. The van der Waals surface area contributed by atoms with E-state index >= 15 is 0 Å². The molecule has 0 aliphatic carbocycles. The monoisotopic (exact) mass is 235 g/mol. The van der Waals surface area contributed by atoms with Crippen molar-refractivity contribution in [3.05, 3.63) is 29.8 Å². The van der Waals surface area contributed by atoms with E-state index in [-0.39, 0.29) is 6.54 Å². The molecule has 4 heteroatoms. The third-order valence-corrected chi connectivity index (χ3v) is 3.21. The summed E-state index contributed by atoms with van der Waals surface area (Å²) in [6.45, 7) is 4.53. The zero-order valence-electron chi connectivity index (χ0n) is 10.1. The van der Waals surface area contributed by atoms with Crippen LogP contribution >= 0.6 is 0 Å². The summed E-state index contributed by atoms with van der Waals surface area (Å²) in [6.07, 6.45) is 0.627. The number of nitrogens with one attached hydrogen (secondary N) is 1. The molecule has 0 spiro atoms. The summed E-state index contributed by atoms with van der Waals surface area (Å²) in [5.41, 5.74) is 7.55. The van der Waals surface area contributed by atoms with E-state index < -0.39 is 6.10 Å². The van der Waals surface area contributed by atoms with Crippen molar-refractivity contribution < 1.29 is 5.11 Å². The number of rotatable bonds is 3. The Balaban J connectivity index is 2.05. The van der Waals surface area contributed by atoms with Gasteiger partial charge in [-0.15, -0.1) is 0 Å². The summed E-state index contributed by atoms with van der Waals surface area (Å²) in [4.78, 5) is 2.37. The van der Waals surface area contributed by atoms with Gasteiger partial charge in [-0.2, -0.15) is 0 Å². The lowest BCUT2D eigenvalue weighted by Crippen LogP contribution is -2.27. The van der Waals surface area contributed by atoms with E-state index in [0.29, 0.717) is 0 Å². The van der Waals surface area contributed by atoms with Gasteiger partial charge in [-0.05, 0) is 30.7 Å². The maximum absolute atomic E-state index is 9.63. The van der Waals surface area contributed by atoms with Gasteiger partial charge >= 0.3 is 0 Å². The van der Waals surface area contributed by atoms with Crippen LogP contribution in [0.1, 0.15) is 18.1 Å². The molecule has 0 bridgehead atoms. The molecule has 1 aromatic rings. The number of nitrogens with two attached hydrogens (primary N) is 1. The number of hydrogen-bond acceptors (Lipinski definition) is 4. The summed E-state index contributed by atoms with van der Waals surface area (Å²) >= 11 is 0. The number of nitrogens with zero attached hydrogens (tertiary/aromatic N) is 1. The first kappa shape index (κ1) is 12.4. The van der Waals surface area contributed by atoms with Gasteiger partial charge in [0.1, 0.15) is 0 Å². The van der Waals surface area contributed by atoms with Crippen molar-refractivity contribution in [1.29, 1.82) is 0 Å². The number of benzene rings is 1. The first-order chi connectivity index (χ1) is 8.31. The number of aliphatic hydroxyl groups excluding tert-OH is 1. The molecule has 4 nitrogen and oxygen atoms in total. The second-order valence-electron chi connectivity index (χ2n) is 4.43. The minimum atomic E-state index is -0.546. The average molecular weight is 235 g/mol. The Labute approximate surface area is 102 Å². The van der Waals surface area contributed by atoms with Gasteiger partial charge in [0.2, 0.25) is 0 Å². The van der Waals surface area contributed by atoms with Gasteiger partial charge in [-0.1, -0.05) is 12.1 Å². The van der Waals surface area contributed by atoms with E-state index in [4.69, 9.17) is 5.73 Å². The predicted molar refractivity (Wildman–Crippen MR) is 70.2 cm³/mol. The fourth-order valence-corrected chi connectivity index (χ4v) is 2.15. The highest BCUT2D eigenvalue weighted by atomic mass is 16.3. The Morgan fingerprint density at radius 2 is 2.00 bits per heavy atom. The predicted octanol–water partition coefficient (Wildman–Crippen LogP) is 0.478. The van der Waals surface area contributed by atoms with Crippen molar-refractivity contribution in [2.24, 2.45) is 5.73 Å². The summed E-state index contributed by atoms with van der Waals surface area (Å²) in [5, 5.41) is 13.0. The van der Waals surface area contributed by atoms with Crippen molar-refractivity contribution in [3.8, 4) is 0 Å². The minimum absolute atomic E-state index is 0.271. The van der Waals surface area contributed by atoms with Gasteiger partial charge in [0.15, 0.2) is 0 Å². The number of anilines is 1. The molecule has 1 aliphatic rings. The first-order valence-electron chi connectivity index (χ1n) is 6.25. The van der Waals surface area contributed by atoms with Crippen LogP contribution in [0.3, 0.4) is 0 Å². The molecule has 0 radical (unpaired) electrons. The molecule has 17 heavy (non-hydrogen) atoms. The lowest BCUT2D eigenvalue weighted by Gasteiger charge is -2.22. The molecule has 0 amide bonds. The lowest BCUT2D eigenvalue weighted by molar-refractivity contribution is 0.187. The van der Waals surface area contributed by atoms with Crippen LogP contribution in [0.2, 0.25) is 0 Å². The molecule has 0 aromatic heterocycles. The fourth-order valence-electron chi connectivity index (χ4n) is 2.15. The van der Waals surface area contributed by atoms with Crippen LogP contribution in [0, 0.1) is 0 Å². The van der Waals surface area contributed by atoms with Crippen LogP contribution in [0.4, 0.5) is 5.69 Å². The Kier molecular flexibility index (Phi) is 4.36. The van der Waals surface area contributed by atoms with E-state index in [1.54, 1.807) is 0 Å². The second kappa shape index (κ2) is 6.00. The molecule has 1 aromatic carbocycles. The van der Waals surface area contributed by atoms with Gasteiger partial charge in [0, 0.05) is 31.9 Å². The molecule has 1 unspecified atom stereocenters. The number of aliphatic hydroxyl groups is 1. The maximum atomic E-state index is 9.63. The van der Waals surface area contributed by atoms with E-state index in [9.17, 15) is 5.11 Å². The molecular formula is C13H21N3O. The highest BCUT2D eigenvalue weighted by Crippen LogP contribution is 2.19. The zero-order chi connectivity index (χ0) is 12.1. The van der Waals surface area contributed by atoms with Crippen molar-refractivity contribution in [2.75, 3.05) is 37.6 Å². The highest BCUT2D eigenvalue weighted by molar-refractivity contribution is 5.48. The van der Waals surface area contributed by atoms with Gasteiger partial charge in [0.25, 0.3) is 0 Å². The molecular weight excluding hydrogens is 214 g/mol. The van der Waals surface area contributed by atoms with Gasteiger partial charge in [-0.25, -0.2) is 0 Å². The van der Waals surface area contributed by atoms with Crippen LogP contribution in [-0.4, -0.2) is 37.8 Å². The molecule has 4 N–H and O–H groups in total. The highest BCUT2D eigenvalue weighted by Gasteiger charge is 2.10. The normalized spacial score (nSPS) is 18.8. The summed E-state index contributed by atoms with van der Waals surface area (Å²) in [7, 11) is 0. The van der Waals surface area contributed by atoms with Crippen LogP contribution < -0.4 is 16.0 Å². The van der Waals surface area contributed by atoms with Crippen LogP contribution in [0.15, 0.2) is 24.3 Å². The zero-order valence-corrected chi connectivity index (χ0v) is 10.1. The molecule has 1 aliphatic heterocycles. The van der Waals surface area contributed by atoms with E-state index in [2.05, 4.69) is 22.3 Å². The molecule has 0 saturated carbocycles. The second-order valence-corrected chi connectivity index (χ2v) is 4.43. The lowest BCUT2D eigenvalue weighted by atomic mass is 10.1. The van der Waals surface area contributed by atoms with Gasteiger partial charge in [0.05, 0.1) is 6.10 Å². The van der Waals surface area contributed by atoms with Crippen molar-refractivity contribution >= 4 is 5.69 Å². The van der Waals surface area contributed by atoms with E-state index in [0.717, 1.165) is 31.7 Å². The Morgan fingerprint density at radius 3 is 2.71 bits per heavy atom. The Bertz CT molecular complexity index is 331. The van der Waals surface area contributed by atoms with Crippen LogP contribution in [0.25, 0.3) is 0 Å². The minimum Gasteiger partial charge on any atom is -0.387 e. The molecule has 1 atom stereocenters. The SMILES string of the molecule is NCC(O)c1ccc(N2CCCNCC2)cc1. The van der Waals surface area contributed by atoms with Gasteiger partial charge < -0.3 is 21.1 Å². The van der Waals surface area contributed by atoms with Crippen molar-refractivity contribution in [3.63, 3.8) is 0 Å². The topological polar surface area (TPSA) is 61.5 Å². The molecule has 1 fully saturated rings. The standard InChI is InChI=1S/C13H21N3O/c14-10-13(17)11-2-4-12(5-3-11)16-8-1-6-15-7-9-16/h2-5,13,15,17H,1,6-10,14H2. The molecule has 1 heterocycles. The molecule has 1 saturated heterocycles. The van der Waals surface area contributed by atoms with Crippen LogP contribution in [0.5, 0.6) is 0 Å². The van der Waals surface area contributed by atoms with Crippen molar-refractivity contribution in [2.45, 2.75) is 12.5 Å². The van der Waals surface area contributed by atoms with E-state index in [1.165, 1.54) is 12.1 Å². The summed E-state index contributed by atoms with van der Waals surface area (Å²) < 4.78 is 0. The summed E-state index contributed by atoms with van der Waals surface area (Å²) in [6, 6.07) is 8.06. The average Bonchev–Trinajstić information content (AvgIpc) is 2.67. The molecule has 94 valence electrons. The number of hydrogen-bond donors (Lipinski definition) is 3. The largest absolute Gasteiger partial charge is 0.387 e. The molecule has 2 rings (SSSR count). The van der Waals surface area contributed by atoms with Gasteiger partial charge in [-0.3, -0.25) is 0 Å². The first-order valence-corrected chi connectivity index (χ1v) is 6.25. The third kappa shape index (κ3) is 3.19. The van der Waals surface area contributed by atoms with Crippen LogP contribution in [-0.2, 0) is 0 Å².